The molecule has 1 saturated carbocycles. The summed E-state index contributed by atoms with van der Waals surface area (Å²) in [6, 6.07) is 15.0. The predicted molar refractivity (Wildman–Crippen MR) is 110 cm³/mol. The molecule has 0 bridgehead atoms. The lowest BCUT2D eigenvalue weighted by atomic mass is 9.60. The van der Waals surface area contributed by atoms with Gasteiger partial charge >= 0.3 is 5.97 Å². The van der Waals surface area contributed by atoms with Crippen LogP contribution in [0.4, 0.5) is 0 Å². The lowest BCUT2D eigenvalue weighted by Crippen LogP contribution is -2.36. The van der Waals surface area contributed by atoms with Gasteiger partial charge in [0.1, 0.15) is 0 Å². The molecule has 0 aliphatic heterocycles. The average molecular weight is 363 g/mol. The first-order valence-electron chi connectivity index (χ1n) is 10.0. The fourth-order valence-corrected chi connectivity index (χ4v) is 5.03. The monoisotopic (exact) mass is 362 g/mol. The van der Waals surface area contributed by atoms with Crippen LogP contribution < -0.4 is 0 Å². The van der Waals surface area contributed by atoms with Gasteiger partial charge in [0.05, 0.1) is 12.7 Å². The third kappa shape index (κ3) is 2.81. The summed E-state index contributed by atoms with van der Waals surface area (Å²) >= 11 is 0. The Morgan fingerprint density at radius 2 is 1.48 bits per heavy atom. The molecule has 1 fully saturated rings. The minimum atomic E-state index is -0.260. The second-order valence-corrected chi connectivity index (χ2v) is 9.65. The average Bonchev–Trinajstić information content (AvgIpc) is 3.46. The van der Waals surface area contributed by atoms with Crippen molar-refractivity contribution in [2.45, 2.75) is 69.6 Å². The van der Waals surface area contributed by atoms with Gasteiger partial charge in [0.25, 0.3) is 0 Å². The number of ether oxygens (including phenoxy) is 1. The highest BCUT2D eigenvalue weighted by molar-refractivity contribution is 5.89. The van der Waals surface area contributed by atoms with E-state index in [0.29, 0.717) is 5.56 Å². The Morgan fingerprint density at radius 1 is 0.852 bits per heavy atom. The lowest BCUT2D eigenvalue weighted by Gasteiger charge is -2.44. The van der Waals surface area contributed by atoms with E-state index in [1.54, 1.807) is 5.56 Å². The van der Waals surface area contributed by atoms with Crippen molar-refractivity contribution in [2.24, 2.45) is 0 Å². The van der Waals surface area contributed by atoms with Gasteiger partial charge in [0, 0.05) is 5.41 Å². The quantitative estimate of drug-likeness (QED) is 0.635. The standard InChI is InChI=1S/C25H30O2/c1-23(2)12-13-24(3,4)21-19(23)10-7-11-20(21)25(14-15-25)18-9-6-8-17(16-18)22(26)27-5/h6-11,16H,12-15H2,1-5H3. The highest BCUT2D eigenvalue weighted by Gasteiger charge is 2.50. The molecule has 0 atom stereocenters. The Balaban J connectivity index is 1.89. The zero-order valence-electron chi connectivity index (χ0n) is 17.2. The van der Waals surface area contributed by atoms with Crippen LogP contribution in [-0.4, -0.2) is 13.1 Å². The molecule has 4 rings (SSSR count). The Morgan fingerprint density at radius 3 is 2.15 bits per heavy atom. The van der Waals surface area contributed by atoms with Crippen molar-refractivity contribution in [1.29, 1.82) is 0 Å². The third-order valence-electron chi connectivity index (χ3n) is 6.95. The molecule has 2 nitrogen and oxygen atoms in total. The van der Waals surface area contributed by atoms with Gasteiger partial charge < -0.3 is 4.74 Å². The molecule has 27 heavy (non-hydrogen) atoms. The largest absolute Gasteiger partial charge is 0.465 e. The Bertz CT molecular complexity index is 900. The zero-order valence-corrected chi connectivity index (χ0v) is 17.2. The molecule has 0 spiro atoms. The van der Waals surface area contributed by atoms with Crippen molar-refractivity contribution >= 4 is 5.97 Å². The van der Waals surface area contributed by atoms with Crippen molar-refractivity contribution in [1.82, 2.24) is 0 Å². The number of rotatable bonds is 3. The molecule has 0 saturated heterocycles. The second-order valence-electron chi connectivity index (χ2n) is 9.65. The lowest BCUT2D eigenvalue weighted by molar-refractivity contribution is 0.0600. The minimum absolute atomic E-state index is 0.0417. The van der Waals surface area contributed by atoms with Crippen LogP contribution in [-0.2, 0) is 21.0 Å². The molecule has 0 aromatic heterocycles. The molecule has 2 aliphatic rings. The third-order valence-corrected chi connectivity index (χ3v) is 6.95. The summed E-state index contributed by atoms with van der Waals surface area (Å²) in [5.41, 5.74) is 6.85. The maximum atomic E-state index is 12.0. The Labute approximate surface area is 162 Å². The van der Waals surface area contributed by atoms with Crippen LogP contribution in [0.15, 0.2) is 42.5 Å². The summed E-state index contributed by atoms with van der Waals surface area (Å²) in [6.07, 6.45) is 4.72. The van der Waals surface area contributed by atoms with Gasteiger partial charge in [-0.15, -0.1) is 0 Å². The number of hydrogen-bond acceptors (Lipinski definition) is 2. The topological polar surface area (TPSA) is 26.3 Å². The SMILES string of the molecule is COC(=O)c1cccc(C2(c3cccc4c3C(C)(C)CCC4(C)C)CC2)c1. The highest BCUT2D eigenvalue weighted by Crippen LogP contribution is 2.58. The number of esters is 1. The Kier molecular flexibility index (Phi) is 4.03. The molecular formula is C25H30O2. The molecule has 0 amide bonds. The summed E-state index contributed by atoms with van der Waals surface area (Å²) in [6.45, 7) is 9.54. The molecule has 0 heterocycles. The van der Waals surface area contributed by atoms with E-state index in [0.717, 1.165) is 12.8 Å². The van der Waals surface area contributed by atoms with Gasteiger partial charge in [0.15, 0.2) is 0 Å². The van der Waals surface area contributed by atoms with Crippen molar-refractivity contribution in [3.8, 4) is 0 Å². The number of benzene rings is 2. The predicted octanol–water partition coefficient (Wildman–Crippen LogP) is 5.90. The van der Waals surface area contributed by atoms with Crippen molar-refractivity contribution in [3.63, 3.8) is 0 Å². The van der Waals surface area contributed by atoms with Crippen LogP contribution in [0, 0.1) is 0 Å². The first-order chi connectivity index (χ1) is 12.7. The van der Waals surface area contributed by atoms with E-state index in [1.807, 2.05) is 18.2 Å². The maximum absolute atomic E-state index is 12.0. The van der Waals surface area contributed by atoms with Crippen LogP contribution in [0.3, 0.4) is 0 Å². The number of carbonyl (C=O) groups excluding carboxylic acids is 1. The van der Waals surface area contributed by atoms with Crippen molar-refractivity contribution in [3.05, 3.63) is 70.3 Å². The van der Waals surface area contributed by atoms with E-state index in [2.05, 4.69) is 52.0 Å². The first-order valence-corrected chi connectivity index (χ1v) is 10.0. The van der Waals surface area contributed by atoms with Crippen LogP contribution in [0.1, 0.15) is 86.0 Å². The van der Waals surface area contributed by atoms with Crippen LogP contribution >= 0.6 is 0 Å². The van der Waals surface area contributed by atoms with Crippen LogP contribution in [0.25, 0.3) is 0 Å². The number of methoxy groups -OCH3 is 1. The van der Waals surface area contributed by atoms with Gasteiger partial charge in [-0.3, -0.25) is 0 Å². The normalized spacial score (nSPS) is 21.2. The number of carbonyl (C=O) groups is 1. The molecule has 2 aromatic rings. The van der Waals surface area contributed by atoms with E-state index in [9.17, 15) is 4.79 Å². The molecule has 2 aliphatic carbocycles. The number of hydrogen-bond donors (Lipinski definition) is 0. The van der Waals surface area contributed by atoms with E-state index in [1.165, 1.54) is 36.6 Å². The van der Waals surface area contributed by atoms with Crippen molar-refractivity contribution in [2.75, 3.05) is 7.11 Å². The van der Waals surface area contributed by atoms with Crippen molar-refractivity contribution < 1.29 is 9.53 Å². The van der Waals surface area contributed by atoms with Gasteiger partial charge in [-0.25, -0.2) is 4.79 Å². The molecular weight excluding hydrogens is 332 g/mol. The van der Waals surface area contributed by atoms with Gasteiger partial charge in [-0.2, -0.15) is 0 Å². The van der Waals surface area contributed by atoms with Gasteiger partial charge in [-0.1, -0.05) is 58.0 Å². The molecule has 0 N–H and O–H groups in total. The maximum Gasteiger partial charge on any atom is 0.337 e. The first kappa shape index (κ1) is 18.3. The Hall–Kier alpha value is -2.09. The fraction of sp³-hybridized carbons (Fsp3) is 0.480. The summed E-state index contributed by atoms with van der Waals surface area (Å²) in [5.74, 6) is -0.260. The minimum Gasteiger partial charge on any atom is -0.465 e. The van der Waals surface area contributed by atoms with E-state index >= 15 is 0 Å². The van der Waals surface area contributed by atoms with Crippen LogP contribution in [0.5, 0.6) is 0 Å². The van der Waals surface area contributed by atoms with E-state index < -0.39 is 0 Å². The zero-order chi connectivity index (χ0) is 19.4. The fourth-order valence-electron chi connectivity index (χ4n) is 5.03. The van der Waals surface area contributed by atoms with Crippen LogP contribution in [0.2, 0.25) is 0 Å². The highest BCUT2D eigenvalue weighted by atomic mass is 16.5. The molecule has 0 radical (unpaired) electrons. The van der Waals surface area contributed by atoms with E-state index in [-0.39, 0.29) is 22.2 Å². The second kappa shape index (κ2) is 5.95. The van der Waals surface area contributed by atoms with Gasteiger partial charge in [-0.05, 0) is 70.9 Å². The molecule has 0 unspecified atom stereocenters. The summed E-state index contributed by atoms with van der Waals surface area (Å²) in [5, 5.41) is 0. The summed E-state index contributed by atoms with van der Waals surface area (Å²) in [4.78, 5) is 12.0. The molecule has 142 valence electrons. The van der Waals surface area contributed by atoms with E-state index in [4.69, 9.17) is 4.74 Å². The molecule has 2 aromatic carbocycles. The summed E-state index contributed by atoms with van der Waals surface area (Å²) < 4.78 is 4.94. The summed E-state index contributed by atoms with van der Waals surface area (Å²) in [7, 11) is 1.44. The van der Waals surface area contributed by atoms with Gasteiger partial charge in [0.2, 0.25) is 0 Å². The number of fused-ring (bicyclic) bond motifs is 1. The molecule has 2 heteroatoms. The smallest absolute Gasteiger partial charge is 0.337 e.